The predicted octanol–water partition coefficient (Wildman–Crippen LogP) is 4.82. The molecule has 2 N–H and O–H groups in total. The van der Waals surface area contributed by atoms with E-state index in [0.29, 0.717) is 35.5 Å². The molecule has 9 heteroatoms. The number of hydrogen-bond acceptors (Lipinski definition) is 7. The molecule has 0 saturated carbocycles. The number of aryl methyl sites for hydroxylation is 1. The zero-order chi connectivity index (χ0) is 21.8. The molecule has 3 aromatic heterocycles. The van der Waals surface area contributed by atoms with Crippen molar-refractivity contribution in [3.8, 4) is 33.5 Å². The molecule has 2 aromatic carbocycles. The second-order valence-corrected chi connectivity index (χ2v) is 7.90. The molecule has 158 valence electrons. The number of nitrogens with zero attached hydrogens (tertiary/aromatic N) is 4. The molecule has 5 aromatic rings. The maximum absolute atomic E-state index is 12.6. The van der Waals surface area contributed by atoms with Crippen molar-refractivity contribution in [3.63, 3.8) is 0 Å². The van der Waals surface area contributed by atoms with Crippen molar-refractivity contribution >= 4 is 22.9 Å². The number of anilines is 1. The van der Waals surface area contributed by atoms with Gasteiger partial charge in [0, 0.05) is 24.0 Å². The highest BCUT2D eigenvalue weighted by molar-refractivity contribution is 7.13. The van der Waals surface area contributed by atoms with Crippen LogP contribution in [-0.2, 0) is 11.2 Å². The van der Waals surface area contributed by atoms with Crippen molar-refractivity contribution in [2.75, 3.05) is 5.32 Å². The molecule has 0 fully saturated rings. The molecular weight excluding hydrogens is 424 g/mol. The fourth-order valence-electron chi connectivity index (χ4n) is 3.19. The summed E-state index contributed by atoms with van der Waals surface area (Å²) in [6.07, 6.45) is 0.568. The third kappa shape index (κ3) is 4.33. The number of aromatic amines is 1. The van der Waals surface area contributed by atoms with Gasteiger partial charge in [0.05, 0.1) is 10.6 Å². The summed E-state index contributed by atoms with van der Waals surface area (Å²) in [5, 5.41) is 16.1. The van der Waals surface area contributed by atoms with E-state index in [1.807, 2.05) is 72.1 Å². The maximum atomic E-state index is 12.6. The number of nitrogens with one attached hydrogen (secondary N) is 2. The summed E-state index contributed by atoms with van der Waals surface area (Å²) in [6, 6.07) is 21.0. The monoisotopic (exact) mass is 442 g/mol. The van der Waals surface area contributed by atoms with Crippen LogP contribution >= 0.6 is 11.3 Å². The van der Waals surface area contributed by atoms with Gasteiger partial charge < -0.3 is 9.84 Å². The third-order valence-electron chi connectivity index (χ3n) is 4.75. The molecule has 3 heterocycles. The Morgan fingerprint density at radius 3 is 2.66 bits per heavy atom. The summed E-state index contributed by atoms with van der Waals surface area (Å²) < 4.78 is 5.27. The molecule has 32 heavy (non-hydrogen) atoms. The highest BCUT2D eigenvalue weighted by Gasteiger charge is 2.15. The third-order valence-corrected chi connectivity index (χ3v) is 5.62. The molecule has 0 spiro atoms. The average molecular weight is 443 g/mol. The summed E-state index contributed by atoms with van der Waals surface area (Å²) in [5.41, 5.74) is 2.32. The van der Waals surface area contributed by atoms with Crippen LogP contribution in [0.5, 0.6) is 0 Å². The SMILES string of the molecule is O=C(CCc1nc(-c2cccs2)no1)Nc1ccccc1-c1nc(-c2ccccc2)n[nH]1. The van der Waals surface area contributed by atoms with Gasteiger partial charge in [-0.1, -0.05) is 53.7 Å². The van der Waals surface area contributed by atoms with Crippen LogP contribution in [0, 0.1) is 0 Å². The standard InChI is InChI=1S/C23H18N6O2S/c30-19(12-13-20-25-23(29-31-20)18-11-6-14-32-18)24-17-10-5-4-9-16(17)22-26-21(27-28-22)15-7-2-1-3-8-15/h1-11,14H,12-13H2,(H,24,30)(H,26,27,28). The van der Waals surface area contributed by atoms with Crippen LogP contribution in [0.3, 0.4) is 0 Å². The zero-order valence-corrected chi connectivity index (χ0v) is 17.7. The van der Waals surface area contributed by atoms with Gasteiger partial charge in [0.2, 0.25) is 17.6 Å². The van der Waals surface area contributed by atoms with Crippen LogP contribution in [0.2, 0.25) is 0 Å². The number of rotatable bonds is 7. The van der Waals surface area contributed by atoms with Crippen molar-refractivity contribution in [2.45, 2.75) is 12.8 Å². The van der Waals surface area contributed by atoms with Gasteiger partial charge in [0.15, 0.2) is 11.6 Å². The lowest BCUT2D eigenvalue weighted by Crippen LogP contribution is -2.13. The molecule has 0 unspecified atom stereocenters. The summed E-state index contributed by atoms with van der Waals surface area (Å²) >= 11 is 1.54. The number of H-pyrrole nitrogens is 1. The van der Waals surface area contributed by atoms with Gasteiger partial charge in [-0.15, -0.1) is 11.3 Å². The second-order valence-electron chi connectivity index (χ2n) is 6.96. The number of thiophene rings is 1. The van der Waals surface area contributed by atoms with E-state index in [9.17, 15) is 4.79 Å². The van der Waals surface area contributed by atoms with E-state index in [-0.39, 0.29) is 12.3 Å². The normalized spacial score (nSPS) is 10.9. The summed E-state index contributed by atoms with van der Waals surface area (Å²) in [6.45, 7) is 0. The Bertz CT molecular complexity index is 1330. The Kier molecular flexibility index (Phi) is 5.54. The fourth-order valence-corrected chi connectivity index (χ4v) is 3.84. The van der Waals surface area contributed by atoms with Crippen LogP contribution in [0.1, 0.15) is 12.3 Å². The first-order chi connectivity index (χ1) is 15.8. The van der Waals surface area contributed by atoms with E-state index in [0.717, 1.165) is 16.0 Å². The molecule has 1 amide bonds. The van der Waals surface area contributed by atoms with Gasteiger partial charge in [-0.2, -0.15) is 10.1 Å². The lowest BCUT2D eigenvalue weighted by Gasteiger charge is -2.08. The Morgan fingerprint density at radius 2 is 1.81 bits per heavy atom. The Labute approximate surface area is 187 Å². The minimum Gasteiger partial charge on any atom is -0.339 e. The number of carbonyl (C=O) groups is 1. The van der Waals surface area contributed by atoms with Crippen LogP contribution in [-0.4, -0.2) is 31.2 Å². The zero-order valence-electron chi connectivity index (χ0n) is 16.9. The fraction of sp³-hybridized carbons (Fsp3) is 0.0870. The quantitative estimate of drug-likeness (QED) is 0.374. The van der Waals surface area contributed by atoms with Gasteiger partial charge in [-0.25, -0.2) is 4.98 Å². The minimum absolute atomic E-state index is 0.156. The molecule has 0 atom stereocenters. The van der Waals surface area contributed by atoms with E-state index in [1.54, 1.807) is 0 Å². The lowest BCUT2D eigenvalue weighted by atomic mass is 10.1. The molecule has 0 aliphatic carbocycles. The topological polar surface area (TPSA) is 110 Å². The number of aromatic nitrogens is 5. The van der Waals surface area contributed by atoms with Crippen molar-refractivity contribution in [3.05, 3.63) is 78.0 Å². The smallest absolute Gasteiger partial charge is 0.227 e. The van der Waals surface area contributed by atoms with E-state index in [1.165, 1.54) is 11.3 Å². The first-order valence-corrected chi connectivity index (χ1v) is 10.9. The average Bonchev–Trinajstić information content (AvgIpc) is 3.60. The lowest BCUT2D eigenvalue weighted by molar-refractivity contribution is -0.116. The van der Waals surface area contributed by atoms with Crippen molar-refractivity contribution in [1.29, 1.82) is 0 Å². The van der Waals surface area contributed by atoms with Gasteiger partial charge in [0.1, 0.15) is 0 Å². The van der Waals surface area contributed by atoms with E-state index < -0.39 is 0 Å². The Morgan fingerprint density at radius 1 is 0.969 bits per heavy atom. The first-order valence-electron chi connectivity index (χ1n) is 10.00. The van der Waals surface area contributed by atoms with Gasteiger partial charge in [-0.3, -0.25) is 9.89 Å². The van der Waals surface area contributed by atoms with Gasteiger partial charge in [0.25, 0.3) is 0 Å². The van der Waals surface area contributed by atoms with Crippen LogP contribution in [0.15, 0.2) is 76.6 Å². The summed E-state index contributed by atoms with van der Waals surface area (Å²) in [7, 11) is 0. The molecule has 0 saturated heterocycles. The number of carbonyl (C=O) groups excluding carboxylic acids is 1. The van der Waals surface area contributed by atoms with Crippen LogP contribution in [0.25, 0.3) is 33.5 Å². The highest BCUT2D eigenvalue weighted by Crippen LogP contribution is 2.27. The second kappa shape index (κ2) is 8.94. The van der Waals surface area contributed by atoms with E-state index >= 15 is 0 Å². The van der Waals surface area contributed by atoms with Crippen LogP contribution < -0.4 is 5.32 Å². The molecule has 0 bridgehead atoms. The van der Waals surface area contributed by atoms with E-state index in [4.69, 9.17) is 4.52 Å². The summed E-state index contributed by atoms with van der Waals surface area (Å²) in [5.74, 6) is 1.99. The predicted molar refractivity (Wildman–Crippen MR) is 122 cm³/mol. The number of amides is 1. The van der Waals surface area contributed by atoms with Gasteiger partial charge in [-0.05, 0) is 23.6 Å². The Balaban J connectivity index is 1.26. The number of para-hydroxylation sites is 1. The molecule has 8 nitrogen and oxygen atoms in total. The van der Waals surface area contributed by atoms with Gasteiger partial charge >= 0.3 is 0 Å². The number of hydrogen-bond donors (Lipinski definition) is 2. The molecular formula is C23H18N6O2S. The molecule has 0 radical (unpaired) electrons. The largest absolute Gasteiger partial charge is 0.339 e. The molecule has 0 aliphatic rings. The summed E-state index contributed by atoms with van der Waals surface area (Å²) in [4.78, 5) is 22.5. The van der Waals surface area contributed by atoms with Crippen molar-refractivity contribution < 1.29 is 9.32 Å². The molecule has 0 aliphatic heterocycles. The molecule has 5 rings (SSSR count). The van der Waals surface area contributed by atoms with Crippen molar-refractivity contribution in [1.82, 2.24) is 25.3 Å². The van der Waals surface area contributed by atoms with E-state index in [2.05, 4.69) is 30.6 Å². The Hall–Kier alpha value is -4.11. The van der Waals surface area contributed by atoms with Crippen molar-refractivity contribution in [2.24, 2.45) is 0 Å². The highest BCUT2D eigenvalue weighted by atomic mass is 32.1. The number of benzene rings is 2. The van der Waals surface area contributed by atoms with Crippen LogP contribution in [0.4, 0.5) is 5.69 Å². The maximum Gasteiger partial charge on any atom is 0.227 e. The minimum atomic E-state index is -0.156. The first kappa shape index (κ1) is 19.8.